The van der Waals surface area contributed by atoms with Crippen LogP contribution < -0.4 is 0 Å². The number of fused-ring (bicyclic) bond motifs is 3. The summed E-state index contributed by atoms with van der Waals surface area (Å²) in [5, 5.41) is 5.52. The van der Waals surface area contributed by atoms with E-state index < -0.39 is 0 Å². The first-order valence-electron chi connectivity index (χ1n) is 11.3. The van der Waals surface area contributed by atoms with Gasteiger partial charge in [-0.05, 0) is 33.4 Å². The number of halogens is 1. The Labute approximate surface area is 195 Å². The Morgan fingerprint density at radius 1 is 1.09 bits per heavy atom. The largest absolute Gasteiger partial charge is 0.361 e. The van der Waals surface area contributed by atoms with Gasteiger partial charge in [0.2, 0.25) is 0 Å². The van der Waals surface area contributed by atoms with E-state index in [2.05, 4.69) is 59.5 Å². The van der Waals surface area contributed by atoms with E-state index in [9.17, 15) is 0 Å². The first-order valence-corrected chi connectivity index (χ1v) is 11.7. The molecule has 0 spiro atoms. The molecular formula is C25H31ClN6. The first kappa shape index (κ1) is 21.4. The molecule has 2 aromatic heterocycles. The van der Waals surface area contributed by atoms with Gasteiger partial charge in [0.15, 0.2) is 5.65 Å². The molecule has 0 radical (unpaired) electrons. The maximum Gasteiger partial charge on any atom is 0.160 e. The normalized spacial score (nSPS) is 18.3. The maximum atomic E-state index is 6.40. The smallest absolute Gasteiger partial charge is 0.160 e. The van der Waals surface area contributed by atoms with Crippen LogP contribution in [-0.4, -0.2) is 62.5 Å². The number of piperazine rings is 1. The third-order valence-corrected chi connectivity index (χ3v) is 7.69. The van der Waals surface area contributed by atoms with Crippen LogP contribution in [-0.2, 0) is 13.1 Å². The predicted octanol–water partition coefficient (Wildman–Crippen LogP) is 4.29. The van der Waals surface area contributed by atoms with E-state index in [1.807, 2.05) is 18.4 Å². The number of hydrogen-bond acceptors (Lipinski definition) is 5. The highest BCUT2D eigenvalue weighted by Crippen LogP contribution is 2.36. The zero-order chi connectivity index (χ0) is 22.6. The highest BCUT2D eigenvalue weighted by Gasteiger charge is 2.30. The summed E-state index contributed by atoms with van der Waals surface area (Å²) in [5.74, 6) is 0. The summed E-state index contributed by atoms with van der Waals surface area (Å²) in [4.78, 5) is 12.1. The van der Waals surface area contributed by atoms with Gasteiger partial charge in [-0.25, -0.2) is 9.50 Å². The lowest BCUT2D eigenvalue weighted by Crippen LogP contribution is -2.45. The second kappa shape index (κ2) is 8.18. The van der Waals surface area contributed by atoms with Gasteiger partial charge in [0.1, 0.15) is 0 Å². The van der Waals surface area contributed by atoms with Crippen LogP contribution in [0.5, 0.6) is 0 Å². The van der Waals surface area contributed by atoms with E-state index in [1.54, 1.807) is 0 Å². The van der Waals surface area contributed by atoms with Gasteiger partial charge >= 0.3 is 0 Å². The minimum Gasteiger partial charge on any atom is -0.361 e. The van der Waals surface area contributed by atoms with Crippen LogP contribution in [0.2, 0.25) is 5.02 Å². The number of hydrogen-bond donors (Lipinski definition) is 0. The van der Waals surface area contributed by atoms with Gasteiger partial charge < -0.3 is 9.80 Å². The van der Waals surface area contributed by atoms with E-state index in [0.29, 0.717) is 11.1 Å². The third kappa shape index (κ3) is 3.51. The summed E-state index contributed by atoms with van der Waals surface area (Å²) < 4.78 is 1.89. The molecule has 1 unspecified atom stereocenters. The Morgan fingerprint density at radius 3 is 2.56 bits per heavy atom. The standard InChI is InChI=1S/C25H31ClN6/c1-16-24(26)19(4)32-25(27-16)22-14-31(15-23(22)28-32)18(3)21-9-7-6-8-20(21)17(2)30-12-10-29(5)11-13-30/h6-9,17H,3,10-15H2,1-2,4-5H3. The van der Waals surface area contributed by atoms with E-state index >= 15 is 0 Å². The molecule has 0 aliphatic carbocycles. The van der Waals surface area contributed by atoms with Crippen molar-refractivity contribution in [3.05, 3.63) is 69.6 Å². The number of benzene rings is 1. The number of aromatic nitrogens is 3. The van der Waals surface area contributed by atoms with Crippen LogP contribution in [0, 0.1) is 13.8 Å². The van der Waals surface area contributed by atoms with Gasteiger partial charge in [0.05, 0.1) is 28.6 Å². The minimum absolute atomic E-state index is 0.356. The highest BCUT2D eigenvalue weighted by molar-refractivity contribution is 6.31. The lowest BCUT2D eigenvalue weighted by molar-refractivity contribution is 0.119. The molecule has 0 N–H and O–H groups in total. The Kier molecular flexibility index (Phi) is 5.48. The van der Waals surface area contributed by atoms with Crippen molar-refractivity contribution in [1.29, 1.82) is 0 Å². The maximum absolute atomic E-state index is 6.40. The molecule has 1 fully saturated rings. The second-order valence-corrected chi connectivity index (χ2v) is 9.54. The summed E-state index contributed by atoms with van der Waals surface area (Å²) in [6.45, 7) is 16.7. The molecule has 7 heteroatoms. The summed E-state index contributed by atoms with van der Waals surface area (Å²) in [5.41, 5.74) is 8.57. The van der Waals surface area contributed by atoms with E-state index in [1.165, 1.54) is 16.7 Å². The molecule has 0 bridgehead atoms. The zero-order valence-electron chi connectivity index (χ0n) is 19.4. The number of rotatable bonds is 4. The van der Waals surface area contributed by atoms with Gasteiger partial charge in [0.25, 0.3) is 0 Å². The number of nitrogens with zero attached hydrogens (tertiary/aromatic N) is 6. The van der Waals surface area contributed by atoms with E-state index in [-0.39, 0.29) is 0 Å². The lowest BCUT2D eigenvalue weighted by Gasteiger charge is -2.37. The molecule has 2 aliphatic rings. The molecule has 5 rings (SSSR count). The molecule has 0 amide bonds. The van der Waals surface area contributed by atoms with Crippen LogP contribution in [0.15, 0.2) is 30.8 Å². The lowest BCUT2D eigenvalue weighted by atomic mass is 9.97. The van der Waals surface area contributed by atoms with Gasteiger partial charge in [-0.15, -0.1) is 0 Å². The number of likely N-dealkylation sites (N-methyl/N-ethyl adjacent to an activating group) is 1. The van der Waals surface area contributed by atoms with Crippen LogP contribution in [0.4, 0.5) is 0 Å². The van der Waals surface area contributed by atoms with E-state index in [4.69, 9.17) is 21.7 Å². The Hall–Kier alpha value is -2.41. The summed E-state index contributed by atoms with van der Waals surface area (Å²) in [6, 6.07) is 9.08. The minimum atomic E-state index is 0.356. The van der Waals surface area contributed by atoms with Crippen LogP contribution >= 0.6 is 11.6 Å². The average molecular weight is 451 g/mol. The fourth-order valence-electron chi connectivity index (χ4n) is 5.00. The summed E-state index contributed by atoms with van der Waals surface area (Å²) in [6.07, 6.45) is 0. The topological polar surface area (TPSA) is 39.9 Å². The monoisotopic (exact) mass is 450 g/mol. The SMILES string of the molecule is C=C(c1ccccc1C(C)N1CCN(C)CC1)N1Cc2nn3c(C)c(Cl)c(C)nc3c2C1. The Balaban J connectivity index is 1.41. The molecule has 1 aromatic carbocycles. The molecule has 4 heterocycles. The molecule has 6 nitrogen and oxygen atoms in total. The Morgan fingerprint density at radius 2 is 1.81 bits per heavy atom. The van der Waals surface area contributed by atoms with Gasteiger partial charge in [0, 0.05) is 55.6 Å². The zero-order valence-corrected chi connectivity index (χ0v) is 20.2. The molecular weight excluding hydrogens is 420 g/mol. The molecule has 1 saturated heterocycles. The second-order valence-electron chi connectivity index (χ2n) is 9.16. The van der Waals surface area contributed by atoms with Crippen LogP contribution in [0.25, 0.3) is 11.3 Å². The van der Waals surface area contributed by atoms with Gasteiger partial charge in [-0.3, -0.25) is 4.90 Å². The molecule has 32 heavy (non-hydrogen) atoms. The fourth-order valence-corrected chi connectivity index (χ4v) is 5.13. The van der Waals surface area contributed by atoms with Crippen molar-refractivity contribution in [3.8, 4) is 0 Å². The molecule has 1 atom stereocenters. The third-order valence-electron chi connectivity index (χ3n) is 7.14. The van der Waals surface area contributed by atoms with Crippen molar-refractivity contribution in [3.63, 3.8) is 0 Å². The molecule has 168 valence electrons. The van der Waals surface area contributed by atoms with Crippen molar-refractivity contribution in [2.45, 2.75) is 39.9 Å². The quantitative estimate of drug-likeness (QED) is 0.592. The molecule has 0 saturated carbocycles. The van der Waals surface area contributed by atoms with Crippen LogP contribution in [0.1, 0.15) is 46.7 Å². The molecule has 3 aromatic rings. The summed E-state index contributed by atoms with van der Waals surface area (Å²) >= 11 is 6.40. The predicted molar refractivity (Wildman–Crippen MR) is 130 cm³/mol. The average Bonchev–Trinajstić information content (AvgIpc) is 3.36. The van der Waals surface area contributed by atoms with Crippen LogP contribution in [0.3, 0.4) is 0 Å². The van der Waals surface area contributed by atoms with Crippen molar-refractivity contribution in [1.82, 2.24) is 29.3 Å². The van der Waals surface area contributed by atoms with Crippen molar-refractivity contribution in [2.75, 3.05) is 33.2 Å². The fraction of sp³-hybridized carbons (Fsp3) is 0.440. The van der Waals surface area contributed by atoms with E-state index in [0.717, 1.165) is 67.7 Å². The summed E-state index contributed by atoms with van der Waals surface area (Å²) in [7, 11) is 2.20. The van der Waals surface area contributed by atoms with Crippen molar-refractivity contribution in [2.24, 2.45) is 0 Å². The number of aryl methyl sites for hydroxylation is 2. The van der Waals surface area contributed by atoms with Gasteiger partial charge in [-0.1, -0.05) is 42.4 Å². The highest BCUT2D eigenvalue weighted by atomic mass is 35.5. The first-order chi connectivity index (χ1) is 15.3. The van der Waals surface area contributed by atoms with Crippen molar-refractivity contribution >= 4 is 22.9 Å². The molecule has 2 aliphatic heterocycles. The Bertz CT molecular complexity index is 1190. The van der Waals surface area contributed by atoms with Gasteiger partial charge in [-0.2, -0.15) is 5.10 Å². The van der Waals surface area contributed by atoms with Crippen molar-refractivity contribution < 1.29 is 0 Å².